The van der Waals surface area contributed by atoms with E-state index in [1.807, 2.05) is 41.8 Å². The number of nitrogens with zero attached hydrogens (tertiary/aromatic N) is 4. The van der Waals surface area contributed by atoms with E-state index in [-0.39, 0.29) is 6.61 Å². The molecule has 24 heavy (non-hydrogen) atoms. The Morgan fingerprint density at radius 3 is 2.71 bits per heavy atom. The van der Waals surface area contributed by atoms with Crippen LogP contribution >= 0.6 is 11.8 Å². The first-order valence-corrected chi connectivity index (χ1v) is 8.89. The van der Waals surface area contributed by atoms with E-state index in [1.54, 1.807) is 11.8 Å². The first-order chi connectivity index (χ1) is 11.7. The summed E-state index contributed by atoms with van der Waals surface area (Å²) in [4.78, 5) is 4.60. The van der Waals surface area contributed by atoms with Gasteiger partial charge in [-0.2, -0.15) is 0 Å². The van der Waals surface area contributed by atoms with E-state index in [4.69, 9.17) is 4.42 Å². The number of thioether (sulfide) groups is 1. The third-order valence-corrected chi connectivity index (χ3v) is 4.61. The van der Waals surface area contributed by atoms with Crippen molar-refractivity contribution >= 4 is 11.8 Å². The first kappa shape index (κ1) is 16.7. The van der Waals surface area contributed by atoms with Crippen molar-refractivity contribution in [2.45, 2.75) is 44.3 Å². The molecule has 0 aliphatic carbocycles. The highest BCUT2D eigenvalue weighted by atomic mass is 32.2. The molecule has 0 unspecified atom stereocenters. The van der Waals surface area contributed by atoms with Gasteiger partial charge in [0.1, 0.15) is 12.4 Å². The van der Waals surface area contributed by atoms with Crippen LogP contribution in [0.25, 0.3) is 11.5 Å². The molecule has 7 heteroatoms. The number of hydrogen-bond donors (Lipinski definition) is 1. The summed E-state index contributed by atoms with van der Waals surface area (Å²) in [5.74, 6) is 2.69. The second-order valence-electron chi connectivity index (χ2n) is 5.39. The average Bonchev–Trinajstić information content (AvgIpc) is 3.17. The van der Waals surface area contributed by atoms with Gasteiger partial charge in [-0.3, -0.25) is 0 Å². The van der Waals surface area contributed by atoms with Crippen LogP contribution in [0.3, 0.4) is 0 Å². The van der Waals surface area contributed by atoms with Gasteiger partial charge in [0.15, 0.2) is 11.0 Å². The molecule has 2 aromatic heterocycles. The highest BCUT2D eigenvalue weighted by Gasteiger charge is 2.15. The van der Waals surface area contributed by atoms with Crippen LogP contribution in [0.1, 0.15) is 30.6 Å². The molecule has 0 amide bonds. The van der Waals surface area contributed by atoms with Gasteiger partial charge in [-0.05, 0) is 25.5 Å². The van der Waals surface area contributed by atoms with E-state index in [9.17, 15) is 5.11 Å². The van der Waals surface area contributed by atoms with E-state index >= 15 is 0 Å². The molecule has 0 saturated carbocycles. The van der Waals surface area contributed by atoms with Crippen LogP contribution in [0.15, 0.2) is 39.9 Å². The largest absolute Gasteiger partial charge is 0.441 e. The molecule has 0 radical (unpaired) electrons. The fourth-order valence-corrected chi connectivity index (χ4v) is 3.37. The Hall–Kier alpha value is -2.12. The van der Waals surface area contributed by atoms with Gasteiger partial charge in [0.05, 0.1) is 5.69 Å². The maximum absolute atomic E-state index is 9.36. The maximum atomic E-state index is 9.36. The van der Waals surface area contributed by atoms with E-state index < -0.39 is 0 Å². The van der Waals surface area contributed by atoms with Gasteiger partial charge in [-0.15, -0.1) is 10.2 Å². The van der Waals surface area contributed by atoms with Crippen LogP contribution in [0, 0.1) is 6.92 Å². The molecule has 0 aliphatic heterocycles. The van der Waals surface area contributed by atoms with Gasteiger partial charge >= 0.3 is 0 Å². The molecule has 3 aromatic rings. The Morgan fingerprint density at radius 1 is 1.21 bits per heavy atom. The third-order valence-electron chi connectivity index (χ3n) is 3.63. The van der Waals surface area contributed by atoms with Crippen LogP contribution < -0.4 is 0 Å². The Labute approximate surface area is 144 Å². The fourth-order valence-electron chi connectivity index (χ4n) is 2.39. The summed E-state index contributed by atoms with van der Waals surface area (Å²) in [7, 11) is 0. The van der Waals surface area contributed by atoms with Gasteiger partial charge in [0.2, 0.25) is 5.89 Å². The minimum absolute atomic E-state index is 0.102. The molecule has 6 nitrogen and oxygen atoms in total. The van der Waals surface area contributed by atoms with Crippen molar-refractivity contribution < 1.29 is 9.52 Å². The second-order valence-corrected chi connectivity index (χ2v) is 6.33. The minimum atomic E-state index is -0.102. The molecule has 2 heterocycles. The summed E-state index contributed by atoms with van der Waals surface area (Å²) in [6, 6.07) is 9.86. The van der Waals surface area contributed by atoms with Gasteiger partial charge in [0, 0.05) is 17.9 Å². The summed E-state index contributed by atoms with van der Waals surface area (Å²) >= 11 is 1.55. The predicted molar refractivity (Wildman–Crippen MR) is 92.5 cm³/mol. The molecule has 0 bridgehead atoms. The molecule has 0 saturated heterocycles. The number of aryl methyl sites for hydroxylation is 1. The van der Waals surface area contributed by atoms with E-state index in [1.165, 1.54) is 0 Å². The van der Waals surface area contributed by atoms with Crippen LogP contribution in [0.5, 0.6) is 0 Å². The Balaban J connectivity index is 1.76. The maximum Gasteiger partial charge on any atom is 0.226 e. The summed E-state index contributed by atoms with van der Waals surface area (Å²) in [6.07, 6.45) is 0.958. The fraction of sp³-hybridized carbons (Fsp3) is 0.353. The number of hydrogen-bond acceptors (Lipinski definition) is 6. The van der Waals surface area contributed by atoms with Gasteiger partial charge in [-0.25, -0.2) is 4.98 Å². The summed E-state index contributed by atoms with van der Waals surface area (Å²) in [5, 5.41) is 18.4. The first-order valence-electron chi connectivity index (χ1n) is 7.90. The van der Waals surface area contributed by atoms with E-state index in [0.29, 0.717) is 17.5 Å². The van der Waals surface area contributed by atoms with Gasteiger partial charge in [0.25, 0.3) is 0 Å². The molecular formula is C17H20N4O2S. The zero-order valence-electron chi connectivity index (χ0n) is 13.8. The van der Waals surface area contributed by atoms with Crippen molar-refractivity contribution in [3.05, 3.63) is 47.6 Å². The topological polar surface area (TPSA) is 77.0 Å². The normalized spacial score (nSPS) is 11.1. The van der Waals surface area contributed by atoms with Crippen LogP contribution in [0.2, 0.25) is 0 Å². The van der Waals surface area contributed by atoms with Crippen molar-refractivity contribution in [1.82, 2.24) is 19.7 Å². The Kier molecular flexibility index (Phi) is 5.32. The van der Waals surface area contributed by atoms with Crippen LogP contribution in [0.4, 0.5) is 0 Å². The van der Waals surface area contributed by atoms with Gasteiger partial charge in [-0.1, -0.05) is 36.9 Å². The summed E-state index contributed by atoms with van der Waals surface area (Å²) < 4.78 is 7.74. The molecule has 0 atom stereocenters. The van der Waals surface area contributed by atoms with E-state index in [2.05, 4.69) is 22.1 Å². The zero-order chi connectivity index (χ0) is 16.9. The molecule has 1 aromatic carbocycles. The van der Waals surface area contributed by atoms with E-state index in [0.717, 1.165) is 35.1 Å². The number of rotatable bonds is 7. The molecule has 1 N–H and O–H groups in total. The quantitative estimate of drug-likeness (QED) is 0.662. The lowest BCUT2D eigenvalue weighted by atomic mass is 10.2. The molecular weight excluding hydrogens is 324 g/mol. The highest BCUT2D eigenvalue weighted by molar-refractivity contribution is 7.98. The smallest absolute Gasteiger partial charge is 0.226 e. The van der Waals surface area contributed by atoms with Crippen molar-refractivity contribution in [1.29, 1.82) is 0 Å². The third kappa shape index (κ3) is 3.52. The van der Waals surface area contributed by atoms with Crippen molar-refractivity contribution in [3.63, 3.8) is 0 Å². The van der Waals surface area contributed by atoms with Crippen LogP contribution in [-0.2, 0) is 18.9 Å². The number of aromatic nitrogens is 4. The number of aliphatic hydroxyl groups excluding tert-OH is 1. The van der Waals surface area contributed by atoms with Crippen LogP contribution in [-0.4, -0.2) is 24.9 Å². The lowest BCUT2D eigenvalue weighted by molar-refractivity contribution is 0.263. The Morgan fingerprint density at radius 2 is 2.00 bits per heavy atom. The van der Waals surface area contributed by atoms with Crippen molar-refractivity contribution in [2.24, 2.45) is 0 Å². The van der Waals surface area contributed by atoms with Gasteiger partial charge < -0.3 is 14.1 Å². The molecule has 0 aliphatic rings. The number of oxazole rings is 1. The number of aliphatic hydroxyl groups is 1. The lowest BCUT2D eigenvalue weighted by Crippen LogP contribution is -2.04. The van der Waals surface area contributed by atoms with Crippen molar-refractivity contribution in [3.8, 4) is 11.5 Å². The highest BCUT2D eigenvalue weighted by Crippen LogP contribution is 2.27. The average molecular weight is 344 g/mol. The second kappa shape index (κ2) is 7.63. The Bertz CT molecular complexity index is 798. The molecule has 0 spiro atoms. The zero-order valence-corrected chi connectivity index (χ0v) is 14.6. The minimum Gasteiger partial charge on any atom is -0.441 e. The molecule has 126 valence electrons. The standard InChI is InChI=1S/C17H20N4O2S/c1-3-9-21-15(10-22)19-20-17(21)24-11-14-12(2)23-16(18-14)13-7-5-4-6-8-13/h4-8,22H,3,9-11H2,1-2H3. The SMILES string of the molecule is CCCn1c(CO)nnc1SCc1nc(-c2ccccc2)oc1C. The summed E-state index contributed by atoms with van der Waals surface area (Å²) in [6.45, 7) is 4.70. The monoisotopic (exact) mass is 344 g/mol. The predicted octanol–water partition coefficient (Wildman–Crippen LogP) is 3.44. The molecule has 0 fully saturated rings. The molecule has 3 rings (SSSR count). The number of benzene rings is 1. The van der Waals surface area contributed by atoms with Crippen molar-refractivity contribution in [2.75, 3.05) is 0 Å². The lowest BCUT2D eigenvalue weighted by Gasteiger charge is -2.06. The summed E-state index contributed by atoms with van der Waals surface area (Å²) in [5.41, 5.74) is 1.86.